The van der Waals surface area contributed by atoms with Crippen LogP contribution in [0.4, 0.5) is 0 Å². The third kappa shape index (κ3) is 3.28. The molecule has 0 bridgehead atoms. The van der Waals surface area contributed by atoms with E-state index in [9.17, 15) is 4.79 Å². The molecule has 134 valence electrons. The van der Waals surface area contributed by atoms with Gasteiger partial charge in [-0.05, 0) is 37.8 Å². The van der Waals surface area contributed by atoms with E-state index in [2.05, 4.69) is 33.4 Å². The summed E-state index contributed by atoms with van der Waals surface area (Å²) < 4.78 is 0.0634. The third-order valence-corrected chi connectivity index (χ3v) is 7.13. The summed E-state index contributed by atoms with van der Waals surface area (Å²) in [5.41, 5.74) is 1.18. The fourth-order valence-electron chi connectivity index (χ4n) is 4.22. The predicted octanol–water partition coefficient (Wildman–Crippen LogP) is 2.69. The zero-order valence-corrected chi connectivity index (χ0v) is 16.1. The van der Waals surface area contributed by atoms with Crippen molar-refractivity contribution in [2.75, 3.05) is 31.9 Å². The number of allylic oxidation sites excluding steroid dienone is 3. The van der Waals surface area contributed by atoms with Crippen LogP contribution >= 0.6 is 36.6 Å². The molecule has 0 saturated carbocycles. The summed E-state index contributed by atoms with van der Waals surface area (Å²) in [7, 11) is 0. The number of amides is 1. The van der Waals surface area contributed by atoms with E-state index in [0.29, 0.717) is 11.8 Å². The zero-order chi connectivity index (χ0) is 15.0. The van der Waals surface area contributed by atoms with E-state index < -0.39 is 0 Å². The molecule has 2 saturated heterocycles. The molecule has 3 heterocycles. The third-order valence-electron chi connectivity index (χ3n) is 5.41. The summed E-state index contributed by atoms with van der Waals surface area (Å²) in [6.07, 6.45) is 11.6. The first-order valence-corrected chi connectivity index (χ1v) is 9.33. The monoisotopic (exact) mass is 389 g/mol. The first-order valence-electron chi connectivity index (χ1n) is 8.34. The molecule has 4 aliphatic rings. The number of hydrogen-bond donors (Lipinski definition) is 1. The van der Waals surface area contributed by atoms with Crippen molar-refractivity contribution in [2.45, 2.75) is 24.0 Å². The summed E-state index contributed by atoms with van der Waals surface area (Å²) in [6.45, 7) is 3.72. The van der Waals surface area contributed by atoms with Crippen molar-refractivity contribution in [3.05, 3.63) is 23.9 Å². The van der Waals surface area contributed by atoms with Crippen LogP contribution in [0.3, 0.4) is 0 Å². The van der Waals surface area contributed by atoms with Gasteiger partial charge in [0.2, 0.25) is 5.91 Å². The fraction of sp³-hybridized carbons (Fsp3) is 0.647. The van der Waals surface area contributed by atoms with Crippen LogP contribution in [-0.2, 0) is 4.79 Å². The molecule has 0 aromatic rings. The molecule has 0 radical (unpaired) electrons. The van der Waals surface area contributed by atoms with Gasteiger partial charge in [0.15, 0.2) is 0 Å². The van der Waals surface area contributed by atoms with Gasteiger partial charge in [0.05, 0.1) is 16.4 Å². The second-order valence-electron chi connectivity index (χ2n) is 6.57. The Kier molecular flexibility index (Phi) is 6.82. The molecule has 1 spiro atoms. The van der Waals surface area contributed by atoms with Crippen LogP contribution in [0.5, 0.6) is 0 Å². The van der Waals surface area contributed by atoms with E-state index in [1.165, 1.54) is 5.70 Å². The minimum Gasteiger partial charge on any atom is -0.341 e. The maximum absolute atomic E-state index is 13.1. The average molecular weight is 390 g/mol. The molecular weight excluding hydrogens is 365 g/mol. The largest absolute Gasteiger partial charge is 0.341 e. The molecule has 3 atom stereocenters. The van der Waals surface area contributed by atoms with Crippen molar-refractivity contribution in [3.8, 4) is 0 Å². The number of nitrogens with one attached hydrogen (secondary N) is 1. The van der Waals surface area contributed by atoms with Gasteiger partial charge in [0.1, 0.15) is 0 Å². The van der Waals surface area contributed by atoms with Crippen LogP contribution < -0.4 is 5.32 Å². The van der Waals surface area contributed by atoms with Crippen molar-refractivity contribution < 1.29 is 4.79 Å². The molecule has 4 nitrogen and oxygen atoms in total. The van der Waals surface area contributed by atoms with Crippen LogP contribution in [-0.4, -0.2) is 53.7 Å². The van der Waals surface area contributed by atoms with E-state index in [1.807, 2.05) is 18.0 Å². The lowest BCUT2D eigenvalue weighted by Gasteiger charge is -2.40. The Morgan fingerprint density at radius 1 is 1.33 bits per heavy atom. The maximum Gasteiger partial charge on any atom is 0.226 e. The first-order chi connectivity index (χ1) is 10.8. The predicted molar refractivity (Wildman–Crippen MR) is 106 cm³/mol. The number of aliphatic imine (C=N–C) groups is 1. The van der Waals surface area contributed by atoms with E-state index in [1.54, 1.807) is 0 Å². The molecule has 3 aliphatic heterocycles. The molecule has 0 aromatic heterocycles. The van der Waals surface area contributed by atoms with Gasteiger partial charge in [0, 0.05) is 31.6 Å². The van der Waals surface area contributed by atoms with Gasteiger partial charge >= 0.3 is 0 Å². The van der Waals surface area contributed by atoms with Gasteiger partial charge in [0.25, 0.3) is 0 Å². The molecule has 24 heavy (non-hydrogen) atoms. The van der Waals surface area contributed by atoms with Crippen molar-refractivity contribution in [1.82, 2.24) is 10.2 Å². The second-order valence-corrected chi connectivity index (χ2v) is 7.92. The van der Waals surface area contributed by atoms with Gasteiger partial charge < -0.3 is 10.2 Å². The second kappa shape index (κ2) is 8.26. The van der Waals surface area contributed by atoms with E-state index in [-0.39, 0.29) is 35.5 Å². The minimum atomic E-state index is 0. The van der Waals surface area contributed by atoms with Crippen LogP contribution in [0.25, 0.3) is 0 Å². The smallest absolute Gasteiger partial charge is 0.226 e. The fourth-order valence-corrected chi connectivity index (χ4v) is 6.03. The van der Waals surface area contributed by atoms with Crippen LogP contribution in [0, 0.1) is 11.8 Å². The highest BCUT2D eigenvalue weighted by atomic mass is 35.5. The normalized spacial score (nSPS) is 34.2. The molecule has 1 aliphatic carbocycles. The van der Waals surface area contributed by atoms with Gasteiger partial charge in [-0.25, -0.2) is 0 Å². The lowest BCUT2D eigenvalue weighted by atomic mass is 9.73. The molecule has 7 heteroatoms. The number of rotatable bonds is 1. The molecule has 0 aromatic carbocycles. The highest BCUT2D eigenvalue weighted by Gasteiger charge is 2.55. The van der Waals surface area contributed by atoms with Crippen LogP contribution in [0.2, 0.25) is 0 Å². The Labute approximate surface area is 160 Å². The number of carbonyl (C=O) groups is 1. The molecule has 2 fully saturated rings. The summed E-state index contributed by atoms with van der Waals surface area (Å²) in [5.74, 6) is 1.89. The van der Waals surface area contributed by atoms with Crippen molar-refractivity contribution >= 4 is 48.7 Å². The Balaban J connectivity index is 0.00000104. The van der Waals surface area contributed by atoms with Gasteiger partial charge in [-0.15, -0.1) is 36.6 Å². The summed E-state index contributed by atoms with van der Waals surface area (Å²) in [5, 5.41) is 3.38. The molecule has 1 N–H and O–H groups in total. The topological polar surface area (TPSA) is 44.7 Å². The Hall–Kier alpha value is -0.490. The standard InChI is InChI=1S/C17H23N3OS.2ClH/c21-16(20-10-3-7-18-9-11-20)13-12-22-17-6-2-1-4-15(17)19-8-5-14(13)17;;/h1-2,4,8,13-14,18H,3,5-7,9-12H2;2*1H. The van der Waals surface area contributed by atoms with Crippen LogP contribution in [0.15, 0.2) is 28.9 Å². The van der Waals surface area contributed by atoms with E-state index in [4.69, 9.17) is 0 Å². The number of hydrogen-bond acceptors (Lipinski definition) is 4. The zero-order valence-electron chi connectivity index (χ0n) is 13.6. The molecular formula is C17H25Cl2N3OS. The molecule has 3 unspecified atom stereocenters. The number of carbonyl (C=O) groups excluding carboxylic acids is 1. The average Bonchev–Trinajstić information content (AvgIpc) is 2.74. The minimum absolute atomic E-state index is 0. The van der Waals surface area contributed by atoms with Gasteiger partial charge in [-0.1, -0.05) is 12.2 Å². The number of nitrogens with zero attached hydrogens (tertiary/aromatic N) is 2. The Morgan fingerprint density at radius 3 is 3.08 bits per heavy atom. The number of thioether (sulfide) groups is 1. The van der Waals surface area contributed by atoms with E-state index >= 15 is 0 Å². The Bertz CT molecular complexity index is 558. The maximum atomic E-state index is 13.1. The highest BCUT2D eigenvalue weighted by molar-refractivity contribution is 8.01. The van der Waals surface area contributed by atoms with Gasteiger partial charge in [-0.2, -0.15) is 0 Å². The first kappa shape index (κ1) is 19.8. The summed E-state index contributed by atoms with van der Waals surface area (Å²) >= 11 is 1.97. The quantitative estimate of drug-likeness (QED) is 0.749. The van der Waals surface area contributed by atoms with Gasteiger partial charge in [-0.3, -0.25) is 9.79 Å². The van der Waals surface area contributed by atoms with Crippen molar-refractivity contribution in [3.63, 3.8) is 0 Å². The number of halogens is 2. The lowest BCUT2D eigenvalue weighted by Crippen LogP contribution is -2.45. The molecule has 4 rings (SSSR count). The SMILES string of the molecule is Cl.Cl.O=C(C1CSC23CC=CC=C2N=CCC13)N1CCCNCC1. The highest BCUT2D eigenvalue weighted by Crippen LogP contribution is 2.57. The van der Waals surface area contributed by atoms with E-state index in [0.717, 1.165) is 51.2 Å². The van der Waals surface area contributed by atoms with Crippen molar-refractivity contribution in [1.29, 1.82) is 0 Å². The van der Waals surface area contributed by atoms with Crippen LogP contribution in [0.1, 0.15) is 19.3 Å². The summed E-state index contributed by atoms with van der Waals surface area (Å²) in [6, 6.07) is 0. The Morgan fingerprint density at radius 2 is 2.21 bits per heavy atom. The molecule has 1 amide bonds. The van der Waals surface area contributed by atoms with Crippen molar-refractivity contribution in [2.24, 2.45) is 16.8 Å². The lowest BCUT2D eigenvalue weighted by molar-refractivity contribution is -0.136. The summed E-state index contributed by atoms with van der Waals surface area (Å²) in [4.78, 5) is 19.8.